The van der Waals surface area contributed by atoms with E-state index in [1.165, 1.54) is 43.6 Å². The number of nitrogens with zero attached hydrogens (tertiary/aromatic N) is 2. The molecule has 0 amide bonds. The summed E-state index contributed by atoms with van der Waals surface area (Å²) in [6.45, 7) is 4.47. The zero-order chi connectivity index (χ0) is 12.8. The van der Waals surface area contributed by atoms with Crippen molar-refractivity contribution in [1.29, 1.82) is 0 Å². The Kier molecular flexibility index (Phi) is 5.00. The highest BCUT2D eigenvalue weighted by Gasteiger charge is 2.25. The highest BCUT2D eigenvalue weighted by Crippen LogP contribution is 2.38. The Labute approximate surface area is 113 Å². The fraction of sp³-hybridized carbons (Fsp3) is 0.714. The summed E-state index contributed by atoms with van der Waals surface area (Å²) in [5, 5.41) is 1.15. The maximum atomic E-state index is 5.39. The maximum absolute atomic E-state index is 5.39. The van der Waals surface area contributed by atoms with E-state index in [9.17, 15) is 0 Å². The standard InChI is InChI=1S/C14H20N2OS/c1-3-5-9-17-14-15-13(18-16-14)12-8-6-7-11(4-2)10-12/h11-12H,4,6-10H2,1-2H3. The number of hydrogen-bond acceptors (Lipinski definition) is 4. The Morgan fingerprint density at radius 3 is 3.11 bits per heavy atom. The molecule has 1 fully saturated rings. The number of rotatable bonds is 4. The van der Waals surface area contributed by atoms with Crippen molar-refractivity contribution in [2.45, 2.75) is 51.9 Å². The fourth-order valence-corrected chi connectivity index (χ4v) is 3.25. The molecule has 2 rings (SSSR count). The van der Waals surface area contributed by atoms with Gasteiger partial charge in [-0.25, -0.2) is 0 Å². The third kappa shape index (κ3) is 3.46. The smallest absolute Gasteiger partial charge is 0.329 e. The minimum Gasteiger partial charge on any atom is -0.450 e. The first-order valence-electron chi connectivity index (χ1n) is 6.69. The molecule has 1 heterocycles. The normalized spacial score (nSPS) is 23.2. The van der Waals surface area contributed by atoms with Crippen molar-refractivity contribution < 1.29 is 4.74 Å². The monoisotopic (exact) mass is 264 g/mol. The van der Waals surface area contributed by atoms with Crippen LogP contribution in [0.5, 0.6) is 6.01 Å². The number of hydrogen-bond donors (Lipinski definition) is 0. The van der Waals surface area contributed by atoms with Crippen LogP contribution >= 0.6 is 11.5 Å². The lowest BCUT2D eigenvalue weighted by Crippen LogP contribution is -2.13. The van der Waals surface area contributed by atoms with Gasteiger partial charge in [-0.3, -0.25) is 0 Å². The molecule has 0 radical (unpaired) electrons. The molecule has 0 saturated heterocycles. The molecule has 2 atom stereocenters. The second-order valence-corrected chi connectivity index (χ2v) is 5.55. The van der Waals surface area contributed by atoms with E-state index in [1.54, 1.807) is 6.92 Å². The molecule has 0 spiro atoms. The van der Waals surface area contributed by atoms with Gasteiger partial charge in [0.2, 0.25) is 0 Å². The molecule has 18 heavy (non-hydrogen) atoms. The Bertz CT molecular complexity index is 432. The van der Waals surface area contributed by atoms with Crippen LogP contribution in [0, 0.1) is 17.8 Å². The molecular formula is C14H20N2OS. The van der Waals surface area contributed by atoms with Crippen LogP contribution in [0.1, 0.15) is 56.9 Å². The Hall–Kier alpha value is -1.08. The molecular weight excluding hydrogens is 244 g/mol. The lowest BCUT2D eigenvalue weighted by Gasteiger charge is -2.26. The van der Waals surface area contributed by atoms with Crippen LogP contribution in [-0.2, 0) is 0 Å². The van der Waals surface area contributed by atoms with Crippen LogP contribution in [0.2, 0.25) is 0 Å². The Balaban J connectivity index is 1.93. The second-order valence-electron chi connectivity index (χ2n) is 4.77. The fourth-order valence-electron chi connectivity index (χ4n) is 2.50. The first-order chi connectivity index (χ1) is 8.83. The van der Waals surface area contributed by atoms with Gasteiger partial charge in [0.15, 0.2) is 6.61 Å². The molecule has 3 nitrogen and oxygen atoms in total. The van der Waals surface area contributed by atoms with Gasteiger partial charge >= 0.3 is 6.01 Å². The van der Waals surface area contributed by atoms with Crippen molar-refractivity contribution in [2.24, 2.45) is 5.92 Å². The van der Waals surface area contributed by atoms with Gasteiger partial charge in [0, 0.05) is 5.92 Å². The van der Waals surface area contributed by atoms with Gasteiger partial charge < -0.3 is 4.74 Å². The zero-order valence-corrected chi connectivity index (χ0v) is 11.9. The first-order valence-corrected chi connectivity index (χ1v) is 7.46. The molecule has 4 heteroatoms. The molecule has 0 N–H and O–H groups in total. The summed E-state index contributed by atoms with van der Waals surface area (Å²) in [6.07, 6.45) is 6.49. The summed E-state index contributed by atoms with van der Waals surface area (Å²) >= 11 is 1.49. The van der Waals surface area contributed by atoms with Crippen LogP contribution in [0.15, 0.2) is 0 Å². The van der Waals surface area contributed by atoms with Crippen molar-refractivity contribution in [3.8, 4) is 17.9 Å². The number of aromatic nitrogens is 2. The first kappa shape index (κ1) is 13.4. The van der Waals surface area contributed by atoms with Gasteiger partial charge in [0.1, 0.15) is 5.01 Å². The average Bonchev–Trinajstić information content (AvgIpc) is 2.88. The van der Waals surface area contributed by atoms with E-state index in [2.05, 4.69) is 28.1 Å². The van der Waals surface area contributed by atoms with E-state index < -0.39 is 0 Å². The molecule has 0 aromatic carbocycles. The molecule has 0 bridgehead atoms. The van der Waals surface area contributed by atoms with Crippen molar-refractivity contribution in [3.05, 3.63) is 5.01 Å². The van der Waals surface area contributed by atoms with E-state index >= 15 is 0 Å². The summed E-state index contributed by atoms with van der Waals surface area (Å²) in [4.78, 5) is 4.49. The van der Waals surface area contributed by atoms with Crippen LogP contribution in [0.4, 0.5) is 0 Å². The van der Waals surface area contributed by atoms with Gasteiger partial charge in [-0.2, -0.15) is 4.98 Å². The maximum Gasteiger partial charge on any atom is 0.329 e. The van der Waals surface area contributed by atoms with Crippen molar-refractivity contribution >= 4 is 11.5 Å². The van der Waals surface area contributed by atoms with Crippen LogP contribution in [0.25, 0.3) is 0 Å². The van der Waals surface area contributed by atoms with Gasteiger partial charge in [-0.1, -0.05) is 32.1 Å². The Morgan fingerprint density at radius 2 is 2.33 bits per heavy atom. The summed E-state index contributed by atoms with van der Waals surface area (Å²) in [5.41, 5.74) is 0. The van der Waals surface area contributed by atoms with Crippen LogP contribution in [-0.4, -0.2) is 16.0 Å². The number of ether oxygens (including phenoxy) is 1. The van der Waals surface area contributed by atoms with E-state index in [0.717, 1.165) is 10.9 Å². The quantitative estimate of drug-likeness (QED) is 0.779. The van der Waals surface area contributed by atoms with Crippen molar-refractivity contribution in [1.82, 2.24) is 9.36 Å². The summed E-state index contributed by atoms with van der Waals surface area (Å²) in [6, 6.07) is 0.497. The Morgan fingerprint density at radius 1 is 1.44 bits per heavy atom. The summed E-state index contributed by atoms with van der Waals surface area (Å²) in [5.74, 6) is 7.11. The molecule has 0 aliphatic heterocycles. The molecule has 1 aromatic rings. The van der Waals surface area contributed by atoms with E-state index in [-0.39, 0.29) is 0 Å². The van der Waals surface area contributed by atoms with Gasteiger partial charge in [-0.05, 0) is 37.2 Å². The molecule has 1 aromatic heterocycles. The minimum absolute atomic E-state index is 0.384. The van der Waals surface area contributed by atoms with E-state index in [4.69, 9.17) is 4.74 Å². The predicted octanol–water partition coefficient (Wildman–Crippen LogP) is 3.62. The lowest BCUT2D eigenvalue weighted by molar-refractivity contribution is 0.309. The zero-order valence-electron chi connectivity index (χ0n) is 11.1. The summed E-state index contributed by atoms with van der Waals surface area (Å²) < 4.78 is 9.64. The largest absolute Gasteiger partial charge is 0.450 e. The lowest BCUT2D eigenvalue weighted by atomic mass is 9.80. The molecule has 98 valence electrons. The van der Waals surface area contributed by atoms with Gasteiger partial charge in [0.25, 0.3) is 0 Å². The highest BCUT2D eigenvalue weighted by atomic mass is 32.1. The minimum atomic E-state index is 0.384. The van der Waals surface area contributed by atoms with Gasteiger partial charge in [-0.15, -0.1) is 10.3 Å². The van der Waals surface area contributed by atoms with Crippen molar-refractivity contribution in [2.75, 3.05) is 6.61 Å². The third-order valence-corrected chi connectivity index (χ3v) is 4.44. The van der Waals surface area contributed by atoms with Crippen LogP contribution in [0.3, 0.4) is 0 Å². The molecule has 1 aliphatic rings. The predicted molar refractivity (Wildman–Crippen MR) is 73.8 cm³/mol. The van der Waals surface area contributed by atoms with Crippen LogP contribution < -0.4 is 4.74 Å². The SMILES string of the molecule is CC#CCOc1nsc(C2CCCC(CC)C2)n1. The topological polar surface area (TPSA) is 35.0 Å². The van der Waals surface area contributed by atoms with E-state index in [0.29, 0.717) is 18.5 Å². The molecule has 2 unspecified atom stereocenters. The molecule has 1 saturated carbocycles. The van der Waals surface area contributed by atoms with Crippen molar-refractivity contribution in [3.63, 3.8) is 0 Å². The molecule has 1 aliphatic carbocycles. The average molecular weight is 264 g/mol. The van der Waals surface area contributed by atoms with E-state index in [1.807, 2.05) is 0 Å². The highest BCUT2D eigenvalue weighted by molar-refractivity contribution is 7.05. The third-order valence-electron chi connectivity index (χ3n) is 3.58. The summed E-state index contributed by atoms with van der Waals surface area (Å²) in [7, 11) is 0. The van der Waals surface area contributed by atoms with Gasteiger partial charge in [0.05, 0.1) is 0 Å². The second kappa shape index (κ2) is 6.75.